The molecule has 1 saturated carbocycles. The Balaban J connectivity index is 2.00. The maximum Gasteiger partial charge on any atom is 0.162 e. The minimum atomic E-state index is -0.512. The Morgan fingerprint density at radius 1 is 1.40 bits per heavy atom. The molecule has 0 bridgehead atoms. The Bertz CT molecular complexity index is 414. The van der Waals surface area contributed by atoms with Gasteiger partial charge >= 0.3 is 0 Å². The van der Waals surface area contributed by atoms with Gasteiger partial charge in [0.1, 0.15) is 11.8 Å². The molecule has 1 aromatic rings. The minimum Gasteiger partial charge on any atom is -0.493 e. The van der Waals surface area contributed by atoms with E-state index < -0.39 is 6.10 Å². The average Bonchev–Trinajstić information content (AvgIpc) is 2.90. The summed E-state index contributed by atoms with van der Waals surface area (Å²) in [5.74, 6) is 1.41. The standard InChI is InChI=1S/C15H26N2O2S/c1-11(2)17-15(14(19-3)9-16-17)13(18)10-20-12-7-5-4-6-8-12/h9,11-13,18H,4-8,10H2,1-3H3. The van der Waals surface area contributed by atoms with Gasteiger partial charge in [-0.2, -0.15) is 16.9 Å². The summed E-state index contributed by atoms with van der Waals surface area (Å²) in [4.78, 5) is 0. The molecule has 1 aliphatic rings. The molecule has 20 heavy (non-hydrogen) atoms. The van der Waals surface area contributed by atoms with Gasteiger partial charge in [0.2, 0.25) is 0 Å². The number of hydrogen-bond donors (Lipinski definition) is 1. The number of methoxy groups -OCH3 is 1. The summed E-state index contributed by atoms with van der Waals surface area (Å²) in [6.07, 6.45) is 7.80. The average molecular weight is 298 g/mol. The van der Waals surface area contributed by atoms with Crippen LogP contribution in [-0.2, 0) is 0 Å². The van der Waals surface area contributed by atoms with Crippen molar-refractivity contribution in [2.45, 2.75) is 63.3 Å². The highest BCUT2D eigenvalue weighted by Gasteiger charge is 2.23. The fourth-order valence-electron chi connectivity index (χ4n) is 2.78. The lowest BCUT2D eigenvalue weighted by Gasteiger charge is -2.23. The zero-order valence-electron chi connectivity index (χ0n) is 12.7. The van der Waals surface area contributed by atoms with Gasteiger partial charge in [0.15, 0.2) is 5.75 Å². The number of nitrogens with zero attached hydrogens (tertiary/aromatic N) is 2. The molecule has 0 saturated heterocycles. The highest BCUT2D eigenvalue weighted by atomic mass is 32.2. The molecular formula is C15H26N2O2S. The fraction of sp³-hybridized carbons (Fsp3) is 0.800. The van der Waals surface area contributed by atoms with E-state index in [4.69, 9.17) is 4.74 Å². The summed E-state index contributed by atoms with van der Waals surface area (Å²) in [5.41, 5.74) is 0.811. The molecule has 1 atom stereocenters. The monoisotopic (exact) mass is 298 g/mol. The van der Waals surface area contributed by atoms with Crippen LogP contribution in [0.5, 0.6) is 5.75 Å². The Morgan fingerprint density at radius 2 is 2.10 bits per heavy atom. The first-order valence-corrected chi connectivity index (χ1v) is 8.59. The Kier molecular flexibility index (Phi) is 5.78. The van der Waals surface area contributed by atoms with Crippen molar-refractivity contribution in [1.29, 1.82) is 0 Å². The lowest BCUT2D eigenvalue weighted by Crippen LogP contribution is -2.16. The van der Waals surface area contributed by atoms with Gasteiger partial charge in [0, 0.05) is 17.0 Å². The summed E-state index contributed by atoms with van der Waals surface area (Å²) in [5, 5.41) is 15.6. The van der Waals surface area contributed by atoms with Crippen LogP contribution in [0.4, 0.5) is 0 Å². The Hall–Kier alpha value is -0.680. The van der Waals surface area contributed by atoms with E-state index in [2.05, 4.69) is 18.9 Å². The number of thioether (sulfide) groups is 1. The fourth-order valence-corrected chi connectivity index (χ4v) is 4.06. The minimum absolute atomic E-state index is 0.225. The highest BCUT2D eigenvalue weighted by molar-refractivity contribution is 7.99. The summed E-state index contributed by atoms with van der Waals surface area (Å²) < 4.78 is 7.20. The van der Waals surface area contributed by atoms with Crippen LogP contribution in [-0.4, -0.2) is 33.0 Å². The highest BCUT2D eigenvalue weighted by Crippen LogP contribution is 2.34. The van der Waals surface area contributed by atoms with Crippen LogP contribution < -0.4 is 4.74 Å². The topological polar surface area (TPSA) is 47.3 Å². The number of hydrogen-bond acceptors (Lipinski definition) is 4. The predicted molar refractivity (Wildman–Crippen MR) is 83.5 cm³/mol. The molecule has 0 amide bonds. The second-order valence-corrected chi connectivity index (χ2v) is 7.08. The maximum atomic E-state index is 10.5. The summed E-state index contributed by atoms with van der Waals surface area (Å²) in [6.45, 7) is 4.13. The van der Waals surface area contributed by atoms with Crippen molar-refractivity contribution in [3.05, 3.63) is 11.9 Å². The third-order valence-corrected chi connectivity index (χ3v) is 5.32. The molecule has 2 rings (SSSR count). The van der Waals surface area contributed by atoms with Crippen LogP contribution in [0.15, 0.2) is 6.20 Å². The lowest BCUT2D eigenvalue weighted by molar-refractivity contribution is 0.184. The third-order valence-electron chi connectivity index (χ3n) is 3.87. The molecule has 4 nitrogen and oxygen atoms in total. The molecule has 0 aromatic carbocycles. The van der Waals surface area contributed by atoms with Gasteiger partial charge in [-0.25, -0.2) is 0 Å². The quantitative estimate of drug-likeness (QED) is 0.872. The SMILES string of the molecule is COc1cnn(C(C)C)c1C(O)CSC1CCCCC1. The summed E-state index contributed by atoms with van der Waals surface area (Å²) in [6, 6.07) is 0.225. The van der Waals surface area contributed by atoms with E-state index in [0.29, 0.717) is 11.0 Å². The molecule has 1 unspecified atom stereocenters. The largest absolute Gasteiger partial charge is 0.493 e. The maximum absolute atomic E-state index is 10.5. The first kappa shape index (κ1) is 15.7. The van der Waals surface area contributed by atoms with Crippen molar-refractivity contribution < 1.29 is 9.84 Å². The molecule has 5 heteroatoms. The molecule has 114 valence electrons. The van der Waals surface area contributed by atoms with E-state index in [9.17, 15) is 5.11 Å². The van der Waals surface area contributed by atoms with Gasteiger partial charge in [0.05, 0.1) is 13.3 Å². The van der Waals surface area contributed by atoms with E-state index in [0.717, 1.165) is 11.4 Å². The van der Waals surface area contributed by atoms with Crippen molar-refractivity contribution in [2.75, 3.05) is 12.9 Å². The van der Waals surface area contributed by atoms with Crippen molar-refractivity contribution in [1.82, 2.24) is 9.78 Å². The molecule has 1 aromatic heterocycles. The summed E-state index contributed by atoms with van der Waals surface area (Å²) >= 11 is 1.90. The molecule has 1 aliphatic carbocycles. The second kappa shape index (κ2) is 7.36. The van der Waals surface area contributed by atoms with Gasteiger partial charge in [0.25, 0.3) is 0 Å². The number of aromatic nitrogens is 2. The van der Waals surface area contributed by atoms with Gasteiger partial charge in [-0.15, -0.1) is 0 Å². The van der Waals surface area contributed by atoms with E-state index in [1.165, 1.54) is 32.1 Å². The predicted octanol–water partition coefficient (Wildman–Crippen LogP) is 3.57. The smallest absolute Gasteiger partial charge is 0.162 e. The Labute approximate surface area is 125 Å². The van der Waals surface area contributed by atoms with Gasteiger partial charge in [-0.1, -0.05) is 19.3 Å². The van der Waals surface area contributed by atoms with Crippen molar-refractivity contribution in [3.63, 3.8) is 0 Å². The van der Waals surface area contributed by atoms with E-state index in [1.807, 2.05) is 16.4 Å². The van der Waals surface area contributed by atoms with Crippen LogP contribution in [0, 0.1) is 0 Å². The summed E-state index contributed by atoms with van der Waals surface area (Å²) in [7, 11) is 1.63. The second-order valence-electron chi connectivity index (χ2n) is 5.75. The first-order valence-electron chi connectivity index (χ1n) is 7.54. The molecule has 1 N–H and O–H groups in total. The zero-order valence-corrected chi connectivity index (χ0v) is 13.5. The van der Waals surface area contributed by atoms with E-state index >= 15 is 0 Å². The number of rotatable bonds is 6. The van der Waals surface area contributed by atoms with Gasteiger partial charge in [-0.05, 0) is 26.7 Å². The number of aliphatic hydroxyl groups is 1. The normalized spacial score (nSPS) is 18.4. The van der Waals surface area contributed by atoms with Crippen LogP contribution in [0.3, 0.4) is 0 Å². The number of ether oxygens (including phenoxy) is 1. The number of aliphatic hydroxyl groups excluding tert-OH is 1. The molecule has 0 spiro atoms. The molecule has 1 heterocycles. The van der Waals surface area contributed by atoms with Gasteiger partial charge < -0.3 is 9.84 Å². The molecule has 0 aliphatic heterocycles. The molecular weight excluding hydrogens is 272 g/mol. The van der Waals surface area contributed by atoms with Crippen molar-refractivity contribution in [2.24, 2.45) is 0 Å². The Morgan fingerprint density at radius 3 is 2.70 bits per heavy atom. The first-order chi connectivity index (χ1) is 9.63. The van der Waals surface area contributed by atoms with Gasteiger partial charge in [-0.3, -0.25) is 4.68 Å². The lowest BCUT2D eigenvalue weighted by atomic mass is 10.0. The van der Waals surface area contributed by atoms with E-state index in [-0.39, 0.29) is 6.04 Å². The molecule has 1 fully saturated rings. The van der Waals surface area contributed by atoms with Crippen molar-refractivity contribution >= 4 is 11.8 Å². The zero-order chi connectivity index (χ0) is 14.5. The van der Waals surface area contributed by atoms with Crippen LogP contribution in [0.2, 0.25) is 0 Å². The van der Waals surface area contributed by atoms with Crippen LogP contribution in [0.1, 0.15) is 63.8 Å². The third kappa shape index (κ3) is 3.70. The molecule has 0 radical (unpaired) electrons. The van der Waals surface area contributed by atoms with Crippen LogP contribution in [0.25, 0.3) is 0 Å². The van der Waals surface area contributed by atoms with Crippen molar-refractivity contribution in [3.8, 4) is 5.75 Å². The van der Waals surface area contributed by atoms with Crippen LogP contribution >= 0.6 is 11.8 Å². The van der Waals surface area contributed by atoms with E-state index in [1.54, 1.807) is 13.3 Å².